The quantitative estimate of drug-likeness (QED) is 0.433. The third-order valence-electron chi connectivity index (χ3n) is 2.93. The molecule has 0 aromatic heterocycles. The summed E-state index contributed by atoms with van der Waals surface area (Å²) >= 11 is 6.55. The molecule has 0 radical (unpaired) electrons. The van der Waals surface area contributed by atoms with Crippen LogP contribution in [0.5, 0.6) is 0 Å². The maximum Gasteiger partial charge on any atom is 0.351 e. The Hall–Kier alpha value is -0.400. The molecule has 5 heteroatoms. The van der Waals surface area contributed by atoms with Crippen molar-refractivity contribution in [3.63, 3.8) is 0 Å². The summed E-state index contributed by atoms with van der Waals surface area (Å²) in [6, 6.07) is 0. The second-order valence-corrected chi connectivity index (χ2v) is 9.21. The van der Waals surface area contributed by atoms with Crippen LogP contribution < -0.4 is 0 Å². The molecule has 0 bridgehead atoms. The molecule has 0 saturated carbocycles. The van der Waals surface area contributed by atoms with Gasteiger partial charge in [-0.05, 0) is 51.8 Å². The van der Waals surface area contributed by atoms with Gasteiger partial charge in [0.25, 0.3) is 0 Å². The SMILES string of the molecule is CCCCN(C=C(C)C)P(=O)(Cl)N(C=C(C)C)CCCC. The Bertz CT molecular complexity index is 365. The van der Waals surface area contributed by atoms with E-state index in [4.69, 9.17) is 11.2 Å². The molecule has 0 aliphatic carbocycles. The molecular formula is C16H32ClN2OP. The number of rotatable bonds is 10. The zero-order valence-corrected chi connectivity index (χ0v) is 16.2. The summed E-state index contributed by atoms with van der Waals surface area (Å²) in [4.78, 5) is 0. The molecule has 0 N–H and O–H groups in total. The zero-order valence-electron chi connectivity index (χ0n) is 14.5. The van der Waals surface area contributed by atoms with E-state index in [-0.39, 0.29) is 0 Å². The molecular weight excluding hydrogens is 303 g/mol. The summed E-state index contributed by atoms with van der Waals surface area (Å²) in [7, 11) is 0. The van der Waals surface area contributed by atoms with Gasteiger partial charge in [0.2, 0.25) is 0 Å². The van der Waals surface area contributed by atoms with Crippen LogP contribution in [0, 0.1) is 0 Å². The summed E-state index contributed by atoms with van der Waals surface area (Å²) in [6.07, 6.45) is 7.94. The fourth-order valence-corrected chi connectivity index (χ4v) is 4.44. The second-order valence-electron chi connectivity index (χ2n) is 5.92. The lowest BCUT2D eigenvalue weighted by Gasteiger charge is -2.34. The first-order chi connectivity index (χ1) is 9.75. The Morgan fingerprint density at radius 2 is 1.24 bits per heavy atom. The fourth-order valence-electron chi connectivity index (χ4n) is 1.90. The largest absolute Gasteiger partial charge is 0.351 e. The van der Waals surface area contributed by atoms with Gasteiger partial charge in [-0.1, -0.05) is 37.8 Å². The van der Waals surface area contributed by atoms with Crippen LogP contribution in [0.3, 0.4) is 0 Å². The molecule has 0 aliphatic rings. The molecule has 3 nitrogen and oxygen atoms in total. The average Bonchev–Trinajstić information content (AvgIpc) is 2.38. The highest BCUT2D eigenvalue weighted by Crippen LogP contribution is 2.59. The van der Waals surface area contributed by atoms with Gasteiger partial charge in [-0.2, -0.15) is 0 Å². The van der Waals surface area contributed by atoms with Crippen molar-refractivity contribution in [2.45, 2.75) is 67.2 Å². The molecule has 0 amide bonds. The normalized spacial score (nSPS) is 11.0. The van der Waals surface area contributed by atoms with Crippen molar-refractivity contribution in [1.82, 2.24) is 9.34 Å². The van der Waals surface area contributed by atoms with E-state index in [0.29, 0.717) is 0 Å². The van der Waals surface area contributed by atoms with Crippen molar-refractivity contribution in [1.29, 1.82) is 0 Å². The third kappa shape index (κ3) is 7.97. The maximum absolute atomic E-state index is 13.2. The van der Waals surface area contributed by atoms with Crippen LogP contribution in [-0.2, 0) is 4.57 Å². The van der Waals surface area contributed by atoms with E-state index in [9.17, 15) is 4.57 Å². The first kappa shape index (κ1) is 20.6. The molecule has 0 heterocycles. The Morgan fingerprint density at radius 1 is 0.905 bits per heavy atom. The van der Waals surface area contributed by atoms with Crippen LogP contribution >= 0.6 is 18.0 Å². The predicted molar refractivity (Wildman–Crippen MR) is 95.5 cm³/mol. The average molecular weight is 335 g/mol. The Kier molecular flexibility index (Phi) is 10.1. The summed E-state index contributed by atoms with van der Waals surface area (Å²) in [5.74, 6) is 0. The molecule has 21 heavy (non-hydrogen) atoms. The molecule has 124 valence electrons. The topological polar surface area (TPSA) is 23.6 Å². The van der Waals surface area contributed by atoms with Gasteiger partial charge in [0.15, 0.2) is 0 Å². The minimum absolute atomic E-state index is 0.724. The van der Waals surface area contributed by atoms with E-state index in [2.05, 4.69) is 13.8 Å². The van der Waals surface area contributed by atoms with Gasteiger partial charge in [0.05, 0.1) is 0 Å². The van der Waals surface area contributed by atoms with E-state index in [1.807, 2.05) is 49.4 Å². The fraction of sp³-hybridized carbons (Fsp3) is 0.750. The van der Waals surface area contributed by atoms with Gasteiger partial charge in [0.1, 0.15) is 0 Å². The first-order valence-corrected chi connectivity index (χ1v) is 10.4. The molecule has 0 spiro atoms. The summed E-state index contributed by atoms with van der Waals surface area (Å²) in [5, 5.41) is 0. The highest BCUT2D eigenvalue weighted by atomic mass is 35.7. The van der Waals surface area contributed by atoms with Crippen molar-refractivity contribution in [2.24, 2.45) is 0 Å². The number of unbranched alkanes of at least 4 members (excludes halogenated alkanes) is 2. The lowest BCUT2D eigenvalue weighted by atomic mass is 10.3. The Labute approximate surface area is 136 Å². The van der Waals surface area contributed by atoms with Gasteiger partial charge >= 0.3 is 6.80 Å². The second kappa shape index (κ2) is 10.3. The summed E-state index contributed by atoms with van der Waals surface area (Å²) in [6.45, 7) is 10.6. The third-order valence-corrected chi connectivity index (χ3v) is 5.99. The molecule has 0 aromatic carbocycles. The molecule has 0 aliphatic heterocycles. The molecule has 0 saturated heterocycles. The summed E-state index contributed by atoms with van der Waals surface area (Å²) in [5.41, 5.74) is 2.22. The molecule has 0 rings (SSSR count). The van der Waals surface area contributed by atoms with E-state index < -0.39 is 6.80 Å². The van der Waals surface area contributed by atoms with Crippen LogP contribution in [0.15, 0.2) is 23.5 Å². The molecule has 0 unspecified atom stereocenters. The lowest BCUT2D eigenvalue weighted by Crippen LogP contribution is -2.25. The van der Waals surface area contributed by atoms with E-state index >= 15 is 0 Å². The van der Waals surface area contributed by atoms with Crippen LogP contribution in [0.25, 0.3) is 0 Å². The minimum Gasteiger partial charge on any atom is -0.302 e. The maximum atomic E-state index is 13.2. The van der Waals surface area contributed by atoms with Crippen molar-refractivity contribution in [3.05, 3.63) is 23.5 Å². The van der Waals surface area contributed by atoms with Crippen LogP contribution in [0.2, 0.25) is 0 Å². The molecule has 0 atom stereocenters. The van der Waals surface area contributed by atoms with Crippen molar-refractivity contribution >= 4 is 18.0 Å². The van der Waals surface area contributed by atoms with E-state index in [1.54, 1.807) is 0 Å². The van der Waals surface area contributed by atoms with Crippen molar-refractivity contribution < 1.29 is 4.57 Å². The molecule has 0 fully saturated rings. The number of hydrogen-bond donors (Lipinski definition) is 0. The lowest BCUT2D eigenvalue weighted by molar-refractivity contribution is 0.426. The highest BCUT2D eigenvalue weighted by molar-refractivity contribution is 7.85. The monoisotopic (exact) mass is 334 g/mol. The predicted octanol–water partition coefficient (Wildman–Crippen LogP) is 6.38. The smallest absolute Gasteiger partial charge is 0.302 e. The van der Waals surface area contributed by atoms with Gasteiger partial charge in [-0.3, -0.25) is 4.57 Å². The van der Waals surface area contributed by atoms with Crippen molar-refractivity contribution in [3.8, 4) is 0 Å². The van der Waals surface area contributed by atoms with Gasteiger partial charge in [0, 0.05) is 25.5 Å². The Morgan fingerprint density at radius 3 is 1.48 bits per heavy atom. The van der Waals surface area contributed by atoms with Gasteiger partial charge in [-0.25, -0.2) is 0 Å². The standard InChI is InChI=1S/C16H32ClN2OP/c1-7-9-11-18(13-15(3)4)21(17,20)19(12-10-8-2)14-16(5)6/h13-14H,7-12H2,1-6H3. The highest BCUT2D eigenvalue weighted by Gasteiger charge is 2.31. The first-order valence-electron chi connectivity index (χ1n) is 7.89. The van der Waals surface area contributed by atoms with Crippen LogP contribution in [0.1, 0.15) is 67.2 Å². The van der Waals surface area contributed by atoms with E-state index in [1.165, 1.54) is 0 Å². The van der Waals surface area contributed by atoms with E-state index in [0.717, 1.165) is 49.9 Å². The Balaban J connectivity index is 5.39. The number of halogens is 1. The number of hydrogen-bond acceptors (Lipinski definition) is 1. The van der Waals surface area contributed by atoms with Crippen molar-refractivity contribution in [2.75, 3.05) is 13.1 Å². The minimum atomic E-state index is -3.09. The summed E-state index contributed by atoms with van der Waals surface area (Å²) < 4.78 is 16.9. The zero-order chi connectivity index (χ0) is 16.5. The number of nitrogens with zero attached hydrogens (tertiary/aromatic N) is 2. The van der Waals surface area contributed by atoms with Crippen LogP contribution in [-0.4, -0.2) is 22.4 Å². The number of allylic oxidation sites excluding steroid dienone is 2. The van der Waals surface area contributed by atoms with Gasteiger partial charge < -0.3 is 9.34 Å². The van der Waals surface area contributed by atoms with Crippen LogP contribution in [0.4, 0.5) is 0 Å². The molecule has 0 aromatic rings. The van der Waals surface area contributed by atoms with Gasteiger partial charge in [-0.15, -0.1) is 0 Å².